The summed E-state index contributed by atoms with van der Waals surface area (Å²) in [7, 11) is 1.89. The van der Waals surface area contributed by atoms with E-state index in [0.29, 0.717) is 23.9 Å². The number of fused-ring (bicyclic) bond motifs is 1. The fourth-order valence-corrected chi connectivity index (χ4v) is 2.82. The third-order valence-electron chi connectivity index (χ3n) is 4.23. The van der Waals surface area contributed by atoms with Gasteiger partial charge in [-0.05, 0) is 38.2 Å². The van der Waals surface area contributed by atoms with Gasteiger partial charge < -0.3 is 14.8 Å². The monoisotopic (exact) mass is 360 g/mol. The summed E-state index contributed by atoms with van der Waals surface area (Å²) in [5.74, 6) is 1.37. The molecule has 6 heteroatoms. The van der Waals surface area contributed by atoms with Crippen LogP contribution in [0.15, 0.2) is 48.5 Å². The van der Waals surface area contributed by atoms with Gasteiger partial charge in [0.15, 0.2) is 11.5 Å². The van der Waals surface area contributed by atoms with Crippen LogP contribution < -0.4 is 14.8 Å². The Balaban J connectivity index is 1.57. The molecule has 0 spiro atoms. The molecule has 0 bridgehead atoms. The maximum atomic E-state index is 12.5. The van der Waals surface area contributed by atoms with Gasteiger partial charge in [-0.1, -0.05) is 35.9 Å². The lowest BCUT2D eigenvalue weighted by atomic mass is 10.2. The zero-order chi connectivity index (χ0) is 17.8. The van der Waals surface area contributed by atoms with Crippen LogP contribution in [0.2, 0.25) is 5.02 Å². The smallest absolute Gasteiger partial charge is 0.241 e. The number of nitrogens with one attached hydrogen (secondary N) is 1. The number of likely N-dealkylation sites (N-methyl/N-ethyl adjacent to an activating group) is 1. The predicted octanol–water partition coefficient (Wildman–Crippen LogP) is 3.44. The van der Waals surface area contributed by atoms with Crippen LogP contribution in [0.1, 0.15) is 6.92 Å². The largest absolute Gasteiger partial charge is 0.486 e. The maximum Gasteiger partial charge on any atom is 0.241 e. The van der Waals surface area contributed by atoms with E-state index in [1.54, 1.807) is 12.1 Å². The average molecular weight is 361 g/mol. The molecule has 0 aromatic heterocycles. The molecule has 0 aliphatic carbocycles. The lowest BCUT2D eigenvalue weighted by molar-refractivity contribution is -0.120. The number of halogens is 1. The number of ether oxygens (including phenoxy) is 2. The van der Waals surface area contributed by atoms with E-state index in [0.717, 1.165) is 11.5 Å². The summed E-state index contributed by atoms with van der Waals surface area (Å²) in [5.41, 5.74) is 0.612. The van der Waals surface area contributed by atoms with E-state index in [-0.39, 0.29) is 18.1 Å². The van der Waals surface area contributed by atoms with Gasteiger partial charge in [-0.2, -0.15) is 0 Å². The molecule has 0 saturated heterocycles. The average Bonchev–Trinajstić information content (AvgIpc) is 2.62. The standard InChI is InChI=1S/C19H21ClN2O3/c1-13(19(23)21-16-8-4-3-7-15(16)20)22(2)11-14-12-24-17-9-5-6-10-18(17)25-14/h3-10,13-14H,11-12H2,1-2H3,(H,21,23)/t13-,14-/m1/s1. The number of nitrogens with zero attached hydrogens (tertiary/aromatic N) is 1. The number of benzene rings is 2. The first-order chi connectivity index (χ1) is 12.0. The van der Waals surface area contributed by atoms with Crippen LogP contribution in [-0.4, -0.2) is 43.2 Å². The zero-order valence-corrected chi connectivity index (χ0v) is 15.0. The topological polar surface area (TPSA) is 50.8 Å². The summed E-state index contributed by atoms with van der Waals surface area (Å²) >= 11 is 6.09. The Morgan fingerprint density at radius 1 is 1.24 bits per heavy atom. The molecule has 0 radical (unpaired) electrons. The van der Waals surface area contributed by atoms with Crippen molar-refractivity contribution >= 4 is 23.2 Å². The van der Waals surface area contributed by atoms with Gasteiger partial charge in [0.1, 0.15) is 12.7 Å². The molecular formula is C19H21ClN2O3. The second-order valence-electron chi connectivity index (χ2n) is 6.08. The van der Waals surface area contributed by atoms with Gasteiger partial charge >= 0.3 is 0 Å². The first-order valence-electron chi connectivity index (χ1n) is 8.18. The molecule has 1 heterocycles. The minimum absolute atomic E-state index is 0.118. The molecule has 1 aliphatic heterocycles. The van der Waals surface area contributed by atoms with Crippen molar-refractivity contribution in [1.29, 1.82) is 0 Å². The molecule has 1 N–H and O–H groups in total. The van der Waals surface area contributed by atoms with Crippen molar-refractivity contribution in [2.45, 2.75) is 19.1 Å². The number of hydrogen-bond acceptors (Lipinski definition) is 4. The first-order valence-corrected chi connectivity index (χ1v) is 8.56. The highest BCUT2D eigenvalue weighted by molar-refractivity contribution is 6.33. The van der Waals surface area contributed by atoms with Crippen LogP contribution in [-0.2, 0) is 4.79 Å². The summed E-state index contributed by atoms with van der Waals surface area (Å²) in [6, 6.07) is 14.4. The van der Waals surface area contributed by atoms with Gasteiger partial charge in [0.25, 0.3) is 0 Å². The van der Waals surface area contributed by atoms with Crippen LogP contribution in [0, 0.1) is 0 Å². The van der Waals surface area contributed by atoms with Crippen molar-refractivity contribution < 1.29 is 14.3 Å². The number of hydrogen-bond donors (Lipinski definition) is 1. The van der Waals surface area contributed by atoms with Crippen molar-refractivity contribution in [1.82, 2.24) is 4.90 Å². The van der Waals surface area contributed by atoms with Gasteiger partial charge in [-0.15, -0.1) is 0 Å². The summed E-state index contributed by atoms with van der Waals surface area (Å²) < 4.78 is 11.7. The Labute approximate surface area is 152 Å². The molecule has 132 valence electrons. The van der Waals surface area contributed by atoms with E-state index in [2.05, 4.69) is 5.32 Å². The highest BCUT2D eigenvalue weighted by Gasteiger charge is 2.26. The Hall–Kier alpha value is -2.24. The van der Waals surface area contributed by atoms with Crippen molar-refractivity contribution in [3.63, 3.8) is 0 Å². The van der Waals surface area contributed by atoms with E-state index in [4.69, 9.17) is 21.1 Å². The van der Waals surface area contributed by atoms with Gasteiger partial charge in [-0.3, -0.25) is 9.69 Å². The zero-order valence-electron chi connectivity index (χ0n) is 14.2. The van der Waals surface area contributed by atoms with E-state index >= 15 is 0 Å². The maximum absolute atomic E-state index is 12.5. The molecular weight excluding hydrogens is 340 g/mol. The Morgan fingerprint density at radius 2 is 1.92 bits per heavy atom. The quantitative estimate of drug-likeness (QED) is 0.887. The highest BCUT2D eigenvalue weighted by atomic mass is 35.5. The molecule has 0 saturated carbocycles. The molecule has 2 atom stereocenters. The normalized spacial score (nSPS) is 17.2. The predicted molar refractivity (Wildman–Crippen MR) is 98.5 cm³/mol. The summed E-state index contributed by atoms with van der Waals surface area (Å²) in [4.78, 5) is 14.4. The molecule has 2 aromatic rings. The number of rotatable bonds is 5. The third kappa shape index (κ3) is 4.24. The van der Waals surface area contributed by atoms with Gasteiger partial charge in [0.05, 0.1) is 16.8 Å². The number of anilines is 1. The summed E-state index contributed by atoms with van der Waals surface area (Å²) in [6.45, 7) is 2.88. The minimum atomic E-state index is -0.336. The van der Waals surface area contributed by atoms with Crippen LogP contribution in [0.3, 0.4) is 0 Å². The SMILES string of the molecule is C[C@H](C(=O)Nc1ccccc1Cl)N(C)C[C@@H]1COc2ccccc2O1. The lowest BCUT2D eigenvalue weighted by Gasteiger charge is -2.31. The van der Waals surface area contributed by atoms with Gasteiger partial charge in [0.2, 0.25) is 5.91 Å². The second-order valence-corrected chi connectivity index (χ2v) is 6.49. The van der Waals surface area contributed by atoms with Crippen LogP contribution in [0.4, 0.5) is 5.69 Å². The van der Waals surface area contributed by atoms with Crippen molar-refractivity contribution in [3.05, 3.63) is 53.6 Å². The molecule has 1 aliphatic rings. The highest BCUT2D eigenvalue weighted by Crippen LogP contribution is 2.31. The fraction of sp³-hybridized carbons (Fsp3) is 0.316. The minimum Gasteiger partial charge on any atom is -0.486 e. The van der Waals surface area contributed by atoms with Gasteiger partial charge in [-0.25, -0.2) is 0 Å². The Morgan fingerprint density at radius 3 is 2.68 bits per heavy atom. The third-order valence-corrected chi connectivity index (χ3v) is 4.56. The van der Waals surface area contributed by atoms with E-state index in [1.807, 2.05) is 55.3 Å². The van der Waals surface area contributed by atoms with Crippen molar-refractivity contribution in [2.24, 2.45) is 0 Å². The molecule has 2 aromatic carbocycles. The first kappa shape index (κ1) is 17.6. The molecule has 5 nitrogen and oxygen atoms in total. The van der Waals surface area contributed by atoms with E-state index < -0.39 is 0 Å². The molecule has 0 unspecified atom stereocenters. The van der Waals surface area contributed by atoms with Crippen LogP contribution >= 0.6 is 11.6 Å². The lowest BCUT2D eigenvalue weighted by Crippen LogP contribution is -2.46. The van der Waals surface area contributed by atoms with Crippen LogP contribution in [0.5, 0.6) is 11.5 Å². The summed E-state index contributed by atoms with van der Waals surface area (Å²) in [5, 5.41) is 3.38. The van der Waals surface area contributed by atoms with Gasteiger partial charge in [0, 0.05) is 6.54 Å². The molecule has 25 heavy (non-hydrogen) atoms. The summed E-state index contributed by atoms with van der Waals surface area (Å²) in [6.07, 6.45) is -0.129. The number of carbonyl (C=O) groups excluding carboxylic acids is 1. The molecule has 3 rings (SSSR count). The number of para-hydroxylation sites is 3. The molecule has 1 amide bonds. The second kappa shape index (κ2) is 7.76. The van der Waals surface area contributed by atoms with Crippen LogP contribution in [0.25, 0.3) is 0 Å². The Kier molecular flexibility index (Phi) is 5.46. The van der Waals surface area contributed by atoms with Crippen molar-refractivity contribution in [3.8, 4) is 11.5 Å². The number of carbonyl (C=O) groups is 1. The number of amides is 1. The van der Waals surface area contributed by atoms with E-state index in [1.165, 1.54) is 0 Å². The van der Waals surface area contributed by atoms with E-state index in [9.17, 15) is 4.79 Å². The van der Waals surface area contributed by atoms with Crippen molar-refractivity contribution in [2.75, 3.05) is 25.5 Å². The fourth-order valence-electron chi connectivity index (χ4n) is 2.63. The Bertz CT molecular complexity index is 753. The molecule has 0 fully saturated rings.